The van der Waals surface area contributed by atoms with Crippen LogP contribution in [0.2, 0.25) is 5.02 Å². The Balaban J connectivity index is 1.72. The zero-order valence-corrected chi connectivity index (χ0v) is 13.7. The molecule has 0 aromatic heterocycles. The van der Waals surface area contributed by atoms with E-state index in [0.717, 1.165) is 36.0 Å². The highest BCUT2D eigenvalue weighted by molar-refractivity contribution is 6.31. The summed E-state index contributed by atoms with van der Waals surface area (Å²) in [5.41, 5.74) is 0.993. The minimum Gasteiger partial charge on any atom is -0.491 e. The van der Waals surface area contributed by atoms with E-state index in [-0.39, 0.29) is 0 Å². The third kappa shape index (κ3) is 5.15. The Bertz CT molecular complexity index is 448. The van der Waals surface area contributed by atoms with Crippen molar-refractivity contribution in [3.63, 3.8) is 0 Å². The van der Waals surface area contributed by atoms with Crippen LogP contribution < -0.4 is 14.5 Å². The molecule has 0 aliphatic carbocycles. The summed E-state index contributed by atoms with van der Waals surface area (Å²) >= 11 is 5.99. The van der Waals surface area contributed by atoms with Crippen LogP contribution in [0.25, 0.3) is 0 Å². The smallest absolute Gasteiger partial charge is 0.137 e. The number of ether oxygens (including phenoxy) is 1. The Morgan fingerprint density at radius 2 is 1.90 bits per heavy atom. The lowest BCUT2D eigenvalue weighted by Crippen LogP contribution is -3.28. The van der Waals surface area contributed by atoms with Crippen molar-refractivity contribution in [3.05, 3.63) is 28.8 Å². The standard InChI is InChI=1S/C16H25ClN2O2/c1-3-18-6-8-19(9-7-18)11-14(20)12-21-15-4-5-16(17)13(2)10-15/h4-5,10,14,20H,3,6-9,11-12H2,1-2H3/p+2/t14-/m1/s1. The monoisotopic (exact) mass is 314 g/mol. The number of aliphatic hydroxyl groups is 1. The van der Waals surface area contributed by atoms with Gasteiger partial charge in [0.05, 0.1) is 6.54 Å². The van der Waals surface area contributed by atoms with Crippen molar-refractivity contribution in [3.8, 4) is 5.75 Å². The molecule has 1 aliphatic rings. The highest BCUT2D eigenvalue weighted by Gasteiger charge is 2.23. The quantitative estimate of drug-likeness (QED) is 0.643. The lowest BCUT2D eigenvalue weighted by Gasteiger charge is -2.30. The number of aryl methyl sites for hydroxylation is 1. The van der Waals surface area contributed by atoms with Gasteiger partial charge >= 0.3 is 0 Å². The average Bonchev–Trinajstić information content (AvgIpc) is 2.49. The fraction of sp³-hybridized carbons (Fsp3) is 0.625. The molecule has 4 nitrogen and oxygen atoms in total. The van der Waals surface area contributed by atoms with Gasteiger partial charge in [0.15, 0.2) is 0 Å². The highest BCUT2D eigenvalue weighted by Crippen LogP contribution is 2.20. The first-order valence-electron chi connectivity index (χ1n) is 7.82. The molecule has 1 aromatic rings. The van der Waals surface area contributed by atoms with Crippen LogP contribution in [0.4, 0.5) is 0 Å². The third-order valence-electron chi connectivity index (χ3n) is 4.26. The normalized spacial score (nSPS) is 23.8. The van der Waals surface area contributed by atoms with Gasteiger partial charge in [0.25, 0.3) is 0 Å². The van der Waals surface area contributed by atoms with Gasteiger partial charge in [-0.1, -0.05) is 11.6 Å². The molecule has 0 unspecified atom stereocenters. The second-order valence-corrected chi connectivity index (χ2v) is 6.34. The first-order valence-corrected chi connectivity index (χ1v) is 8.20. The van der Waals surface area contributed by atoms with Crippen molar-refractivity contribution in [2.45, 2.75) is 20.0 Å². The molecule has 0 spiro atoms. The number of rotatable bonds is 6. The van der Waals surface area contributed by atoms with Gasteiger partial charge in [0, 0.05) is 5.02 Å². The van der Waals surface area contributed by atoms with E-state index in [1.807, 2.05) is 25.1 Å². The van der Waals surface area contributed by atoms with Gasteiger partial charge in [-0.15, -0.1) is 0 Å². The number of piperazine rings is 1. The Kier molecular flexibility index (Phi) is 6.30. The first-order chi connectivity index (χ1) is 10.1. The number of likely N-dealkylation sites (N-methyl/N-ethyl adjacent to an activating group) is 1. The minimum atomic E-state index is -0.417. The van der Waals surface area contributed by atoms with E-state index in [9.17, 15) is 5.11 Å². The molecular formula is C16H27ClN2O2+2. The number of aliphatic hydroxyl groups excluding tert-OH is 1. The van der Waals surface area contributed by atoms with E-state index in [2.05, 4.69) is 6.92 Å². The van der Waals surface area contributed by atoms with Crippen molar-refractivity contribution in [2.75, 3.05) is 45.9 Å². The molecule has 0 amide bonds. The van der Waals surface area contributed by atoms with Crippen molar-refractivity contribution in [1.82, 2.24) is 0 Å². The molecule has 5 heteroatoms. The maximum atomic E-state index is 10.1. The summed E-state index contributed by atoms with van der Waals surface area (Å²) in [7, 11) is 0. The van der Waals surface area contributed by atoms with E-state index in [0.29, 0.717) is 6.61 Å². The van der Waals surface area contributed by atoms with Gasteiger partial charge in [-0.25, -0.2) is 0 Å². The molecule has 1 aromatic carbocycles. The van der Waals surface area contributed by atoms with E-state index >= 15 is 0 Å². The second kappa shape index (κ2) is 7.99. The van der Waals surface area contributed by atoms with Crippen LogP contribution in [0.3, 0.4) is 0 Å². The summed E-state index contributed by atoms with van der Waals surface area (Å²) in [6.45, 7) is 11.2. The molecule has 0 saturated carbocycles. The Morgan fingerprint density at radius 3 is 2.52 bits per heavy atom. The van der Waals surface area contributed by atoms with Crippen LogP contribution in [0.1, 0.15) is 12.5 Å². The molecule has 1 heterocycles. The Labute approximate surface area is 132 Å². The van der Waals surface area contributed by atoms with E-state index in [4.69, 9.17) is 16.3 Å². The molecule has 1 aliphatic heterocycles. The van der Waals surface area contributed by atoms with Crippen LogP contribution in [0.5, 0.6) is 5.75 Å². The number of nitrogens with one attached hydrogen (secondary N) is 2. The van der Waals surface area contributed by atoms with Crippen LogP contribution in [0, 0.1) is 6.92 Å². The number of benzene rings is 1. The lowest BCUT2D eigenvalue weighted by molar-refractivity contribution is -1.01. The summed E-state index contributed by atoms with van der Waals surface area (Å²) in [4.78, 5) is 3.15. The van der Waals surface area contributed by atoms with Gasteiger partial charge in [-0.2, -0.15) is 0 Å². The second-order valence-electron chi connectivity index (χ2n) is 5.93. The molecule has 2 rings (SSSR count). The predicted octanol–water partition coefficient (Wildman–Crippen LogP) is -0.809. The minimum absolute atomic E-state index is 0.342. The molecule has 0 bridgehead atoms. The van der Waals surface area contributed by atoms with Crippen molar-refractivity contribution >= 4 is 11.6 Å². The van der Waals surface area contributed by atoms with Crippen LogP contribution in [0.15, 0.2) is 18.2 Å². The molecule has 0 radical (unpaired) electrons. The fourth-order valence-electron chi connectivity index (χ4n) is 2.81. The number of hydrogen-bond acceptors (Lipinski definition) is 2. The summed E-state index contributed by atoms with van der Waals surface area (Å²) in [6.07, 6.45) is -0.417. The number of hydrogen-bond donors (Lipinski definition) is 3. The molecule has 118 valence electrons. The summed E-state index contributed by atoms with van der Waals surface area (Å²) in [5, 5.41) is 10.9. The molecular weight excluding hydrogens is 288 g/mol. The average molecular weight is 315 g/mol. The van der Waals surface area contributed by atoms with E-state index < -0.39 is 6.10 Å². The number of halogens is 1. The summed E-state index contributed by atoms with van der Waals surface area (Å²) in [6, 6.07) is 5.58. The maximum absolute atomic E-state index is 10.1. The highest BCUT2D eigenvalue weighted by atomic mass is 35.5. The van der Waals surface area contributed by atoms with Gasteiger partial charge in [-0.3, -0.25) is 0 Å². The summed E-state index contributed by atoms with van der Waals surface area (Å²) in [5.74, 6) is 0.770. The van der Waals surface area contributed by atoms with E-state index in [1.54, 1.807) is 4.90 Å². The third-order valence-corrected chi connectivity index (χ3v) is 4.68. The Morgan fingerprint density at radius 1 is 1.24 bits per heavy atom. The molecule has 1 fully saturated rings. The van der Waals surface area contributed by atoms with E-state index in [1.165, 1.54) is 24.5 Å². The molecule has 1 saturated heterocycles. The van der Waals surface area contributed by atoms with Crippen LogP contribution in [-0.2, 0) is 0 Å². The summed E-state index contributed by atoms with van der Waals surface area (Å²) < 4.78 is 5.66. The lowest BCUT2D eigenvalue weighted by atomic mass is 10.2. The molecule has 1 atom stereocenters. The molecule has 21 heavy (non-hydrogen) atoms. The van der Waals surface area contributed by atoms with Crippen molar-refractivity contribution in [1.29, 1.82) is 0 Å². The van der Waals surface area contributed by atoms with Gasteiger partial charge in [-0.05, 0) is 37.6 Å². The van der Waals surface area contributed by atoms with Gasteiger partial charge in [0.2, 0.25) is 0 Å². The molecule has 3 N–H and O–H groups in total. The SMILES string of the molecule is CC[NH+]1CC[NH+](C[C@@H](O)COc2ccc(Cl)c(C)c2)CC1. The van der Waals surface area contributed by atoms with Gasteiger partial charge in [0.1, 0.15) is 51.2 Å². The van der Waals surface area contributed by atoms with Gasteiger partial charge < -0.3 is 19.6 Å². The van der Waals surface area contributed by atoms with Crippen LogP contribution >= 0.6 is 11.6 Å². The zero-order valence-electron chi connectivity index (χ0n) is 13.0. The maximum Gasteiger partial charge on any atom is 0.137 e. The van der Waals surface area contributed by atoms with Crippen molar-refractivity contribution < 1.29 is 19.6 Å². The van der Waals surface area contributed by atoms with Crippen LogP contribution in [-0.4, -0.2) is 57.1 Å². The largest absolute Gasteiger partial charge is 0.491 e. The topological polar surface area (TPSA) is 38.3 Å². The number of quaternary nitrogens is 2. The first kappa shape index (κ1) is 16.6. The fourth-order valence-corrected chi connectivity index (χ4v) is 2.92. The van der Waals surface area contributed by atoms with Crippen molar-refractivity contribution in [2.24, 2.45) is 0 Å². The predicted molar refractivity (Wildman–Crippen MR) is 84.5 cm³/mol. The zero-order chi connectivity index (χ0) is 15.2. The Hall–Kier alpha value is -0.810.